The average molecular weight is 310 g/mol. The summed E-state index contributed by atoms with van der Waals surface area (Å²) in [5, 5.41) is 10.6. The molecule has 0 aliphatic carbocycles. The van der Waals surface area contributed by atoms with Crippen molar-refractivity contribution < 1.29 is 9.84 Å². The molecule has 1 saturated heterocycles. The molecule has 1 N–H and O–H groups in total. The summed E-state index contributed by atoms with van der Waals surface area (Å²) < 4.78 is 6.49. The van der Waals surface area contributed by atoms with Crippen molar-refractivity contribution in [2.75, 3.05) is 0 Å². The topological polar surface area (TPSA) is 29.5 Å². The SMILES string of the molecule is CC(C)[C@@H](O)[C@@H]1OC(c2ccccc2)(c2ccccc2)C1(C)C. The van der Waals surface area contributed by atoms with E-state index in [0.717, 1.165) is 11.1 Å². The Morgan fingerprint density at radius 3 is 1.65 bits per heavy atom. The molecule has 0 bridgehead atoms. The van der Waals surface area contributed by atoms with Crippen molar-refractivity contribution in [1.82, 2.24) is 0 Å². The number of rotatable bonds is 4. The van der Waals surface area contributed by atoms with E-state index < -0.39 is 11.7 Å². The first kappa shape index (κ1) is 16.2. The molecular weight excluding hydrogens is 284 g/mol. The molecule has 0 spiro atoms. The van der Waals surface area contributed by atoms with Crippen molar-refractivity contribution in [3.63, 3.8) is 0 Å². The molecular formula is C21H26O2. The smallest absolute Gasteiger partial charge is 0.126 e. The van der Waals surface area contributed by atoms with Crippen LogP contribution in [0.3, 0.4) is 0 Å². The van der Waals surface area contributed by atoms with Crippen LogP contribution in [0.2, 0.25) is 0 Å². The third kappa shape index (κ3) is 2.32. The third-order valence-corrected chi connectivity index (χ3v) is 5.28. The molecule has 2 heteroatoms. The van der Waals surface area contributed by atoms with Crippen molar-refractivity contribution >= 4 is 0 Å². The molecule has 1 aliphatic heterocycles. The Morgan fingerprint density at radius 1 is 0.870 bits per heavy atom. The maximum absolute atomic E-state index is 10.6. The van der Waals surface area contributed by atoms with Crippen LogP contribution in [0.25, 0.3) is 0 Å². The van der Waals surface area contributed by atoms with Gasteiger partial charge in [0.05, 0.1) is 12.2 Å². The highest BCUT2D eigenvalue weighted by atomic mass is 16.6. The Hall–Kier alpha value is -1.64. The second kappa shape index (κ2) is 5.77. The number of ether oxygens (including phenoxy) is 1. The lowest BCUT2D eigenvalue weighted by Crippen LogP contribution is -2.68. The van der Waals surface area contributed by atoms with E-state index in [4.69, 9.17) is 4.74 Å². The molecule has 3 rings (SSSR count). The van der Waals surface area contributed by atoms with Crippen molar-refractivity contribution in [2.24, 2.45) is 11.3 Å². The number of benzene rings is 2. The van der Waals surface area contributed by atoms with Crippen molar-refractivity contribution in [2.45, 2.75) is 45.5 Å². The molecule has 1 aliphatic rings. The maximum atomic E-state index is 10.6. The monoisotopic (exact) mass is 310 g/mol. The van der Waals surface area contributed by atoms with Gasteiger partial charge < -0.3 is 9.84 Å². The Labute approximate surface area is 139 Å². The lowest BCUT2D eigenvalue weighted by atomic mass is 9.57. The zero-order valence-electron chi connectivity index (χ0n) is 14.4. The zero-order valence-corrected chi connectivity index (χ0v) is 14.4. The minimum absolute atomic E-state index is 0.170. The summed E-state index contributed by atoms with van der Waals surface area (Å²) >= 11 is 0. The fourth-order valence-corrected chi connectivity index (χ4v) is 3.87. The van der Waals surface area contributed by atoms with Gasteiger partial charge in [0.25, 0.3) is 0 Å². The third-order valence-electron chi connectivity index (χ3n) is 5.28. The van der Waals surface area contributed by atoms with Gasteiger partial charge in [-0.2, -0.15) is 0 Å². The second-order valence-corrected chi connectivity index (χ2v) is 7.41. The van der Waals surface area contributed by atoms with Crippen LogP contribution >= 0.6 is 0 Å². The van der Waals surface area contributed by atoms with E-state index in [1.807, 2.05) is 50.2 Å². The lowest BCUT2D eigenvalue weighted by molar-refractivity contribution is -0.324. The van der Waals surface area contributed by atoms with Gasteiger partial charge in [-0.25, -0.2) is 0 Å². The zero-order chi connectivity index (χ0) is 16.7. The summed E-state index contributed by atoms with van der Waals surface area (Å²) in [6.45, 7) is 8.48. The summed E-state index contributed by atoms with van der Waals surface area (Å²) in [5.74, 6) is 0.170. The summed E-state index contributed by atoms with van der Waals surface area (Å²) in [6.07, 6.45) is -0.645. The van der Waals surface area contributed by atoms with Gasteiger partial charge in [-0.3, -0.25) is 0 Å². The molecule has 0 amide bonds. The molecule has 2 aromatic rings. The number of hydrogen-bond acceptors (Lipinski definition) is 2. The van der Waals surface area contributed by atoms with E-state index in [-0.39, 0.29) is 17.4 Å². The first-order chi connectivity index (χ1) is 10.9. The van der Waals surface area contributed by atoms with Gasteiger partial charge in [0.15, 0.2) is 0 Å². The number of aliphatic hydroxyl groups is 1. The average Bonchev–Trinajstić information content (AvgIpc) is 2.56. The molecule has 0 unspecified atom stereocenters. The summed E-state index contributed by atoms with van der Waals surface area (Å²) in [7, 11) is 0. The van der Waals surface area contributed by atoms with E-state index in [0.29, 0.717) is 0 Å². The first-order valence-corrected chi connectivity index (χ1v) is 8.38. The molecule has 0 aromatic heterocycles. The molecule has 2 aromatic carbocycles. The standard InChI is InChI=1S/C21H26O2/c1-15(2)18(22)19-20(3,4)21(23-19,16-11-7-5-8-12-16)17-13-9-6-10-14-17/h5-15,18-19,22H,1-4H3/t18-,19+/m1/s1. The number of hydrogen-bond donors (Lipinski definition) is 1. The second-order valence-electron chi connectivity index (χ2n) is 7.41. The van der Waals surface area contributed by atoms with Gasteiger partial charge in [-0.1, -0.05) is 88.4 Å². The maximum Gasteiger partial charge on any atom is 0.126 e. The van der Waals surface area contributed by atoms with Crippen LogP contribution in [0.15, 0.2) is 60.7 Å². The Kier molecular flexibility index (Phi) is 4.07. The van der Waals surface area contributed by atoms with Crippen LogP contribution in [0.4, 0.5) is 0 Å². The van der Waals surface area contributed by atoms with Crippen LogP contribution in [0.5, 0.6) is 0 Å². The minimum atomic E-state index is -0.518. The first-order valence-electron chi connectivity index (χ1n) is 8.38. The van der Waals surface area contributed by atoms with E-state index >= 15 is 0 Å². The van der Waals surface area contributed by atoms with Crippen molar-refractivity contribution in [3.05, 3.63) is 71.8 Å². The Balaban J connectivity index is 2.10. The van der Waals surface area contributed by atoms with Crippen LogP contribution in [-0.2, 0) is 10.3 Å². The summed E-state index contributed by atoms with van der Waals surface area (Å²) in [4.78, 5) is 0. The highest BCUT2D eigenvalue weighted by molar-refractivity contribution is 5.42. The fourth-order valence-electron chi connectivity index (χ4n) is 3.87. The molecule has 1 heterocycles. The fraction of sp³-hybridized carbons (Fsp3) is 0.429. The Bertz CT molecular complexity index is 607. The summed E-state index contributed by atoms with van der Waals surface area (Å²) in [6, 6.07) is 20.7. The van der Waals surface area contributed by atoms with Crippen LogP contribution < -0.4 is 0 Å². The largest absolute Gasteiger partial charge is 0.390 e. The highest BCUT2D eigenvalue weighted by Gasteiger charge is 2.65. The van der Waals surface area contributed by atoms with E-state index in [9.17, 15) is 5.11 Å². The normalized spacial score (nSPS) is 23.3. The molecule has 0 saturated carbocycles. The quantitative estimate of drug-likeness (QED) is 0.908. The molecule has 1 fully saturated rings. The predicted octanol–water partition coefficient (Wildman–Crippen LogP) is 4.37. The van der Waals surface area contributed by atoms with Crippen LogP contribution in [0, 0.1) is 11.3 Å². The Morgan fingerprint density at radius 2 is 1.30 bits per heavy atom. The van der Waals surface area contributed by atoms with Gasteiger partial charge >= 0.3 is 0 Å². The molecule has 2 atom stereocenters. The lowest BCUT2D eigenvalue weighted by Gasteiger charge is -2.63. The molecule has 23 heavy (non-hydrogen) atoms. The number of aliphatic hydroxyl groups excluding tert-OH is 1. The van der Waals surface area contributed by atoms with E-state index in [2.05, 4.69) is 38.1 Å². The van der Waals surface area contributed by atoms with Gasteiger partial charge in [0, 0.05) is 5.41 Å². The van der Waals surface area contributed by atoms with Crippen LogP contribution in [-0.4, -0.2) is 17.3 Å². The van der Waals surface area contributed by atoms with E-state index in [1.54, 1.807) is 0 Å². The van der Waals surface area contributed by atoms with Gasteiger partial charge in [0.1, 0.15) is 5.60 Å². The molecule has 0 radical (unpaired) electrons. The van der Waals surface area contributed by atoms with E-state index in [1.165, 1.54) is 0 Å². The van der Waals surface area contributed by atoms with Crippen molar-refractivity contribution in [1.29, 1.82) is 0 Å². The van der Waals surface area contributed by atoms with Crippen molar-refractivity contribution in [3.8, 4) is 0 Å². The van der Waals surface area contributed by atoms with Gasteiger partial charge in [-0.05, 0) is 17.0 Å². The molecule has 122 valence electrons. The minimum Gasteiger partial charge on any atom is -0.390 e. The predicted molar refractivity (Wildman–Crippen MR) is 93.2 cm³/mol. The van der Waals surface area contributed by atoms with Crippen LogP contribution in [0.1, 0.15) is 38.8 Å². The molecule has 2 nitrogen and oxygen atoms in total. The van der Waals surface area contributed by atoms with Gasteiger partial charge in [0.2, 0.25) is 0 Å². The highest BCUT2D eigenvalue weighted by Crippen LogP contribution is 2.61. The van der Waals surface area contributed by atoms with Gasteiger partial charge in [-0.15, -0.1) is 0 Å². The summed E-state index contributed by atoms with van der Waals surface area (Å²) in [5.41, 5.74) is 1.56.